The average Bonchev–Trinajstić information content (AvgIpc) is 3.06. The number of pyridine rings is 2. The maximum Gasteiger partial charge on any atom is 0.102 e. The molecule has 4 heterocycles. The number of β-amino-alcohol motifs (C(OH)–C–C–N with tert-alkyl or cyclic N) is 1. The number of anilines is 1. The number of piperidine rings is 1. The molecule has 0 radical (unpaired) electrons. The highest BCUT2D eigenvalue weighted by Crippen LogP contribution is 2.31. The molecular formula is C16H18N6O. The average molecular weight is 310 g/mol. The van der Waals surface area contributed by atoms with Gasteiger partial charge < -0.3 is 10.0 Å². The lowest BCUT2D eigenvalue weighted by atomic mass is 9.92. The molecule has 4 rings (SSSR count). The molecule has 23 heavy (non-hydrogen) atoms. The summed E-state index contributed by atoms with van der Waals surface area (Å²) in [6, 6.07) is 3.90. The molecular weight excluding hydrogens is 292 g/mol. The fourth-order valence-electron chi connectivity index (χ4n) is 3.32. The normalized spacial score (nSPS) is 21.7. The number of nitrogens with zero attached hydrogens (tertiary/aromatic N) is 6. The molecule has 0 bridgehead atoms. The van der Waals surface area contributed by atoms with E-state index in [0.29, 0.717) is 13.1 Å². The van der Waals surface area contributed by atoms with Gasteiger partial charge in [0.25, 0.3) is 0 Å². The quantitative estimate of drug-likeness (QED) is 0.784. The summed E-state index contributed by atoms with van der Waals surface area (Å²) in [5, 5.41) is 19.8. The molecule has 1 aliphatic rings. The molecule has 7 heteroatoms. The van der Waals surface area contributed by atoms with Crippen molar-refractivity contribution in [3.05, 3.63) is 43.1 Å². The molecule has 7 nitrogen and oxygen atoms in total. The Labute approximate surface area is 133 Å². The Morgan fingerprint density at radius 3 is 3.04 bits per heavy atom. The SMILES string of the molecule is OC1(Cn2ccnn2)CCCN(c2ccnc3ccncc23)C1. The Kier molecular flexibility index (Phi) is 3.42. The van der Waals surface area contributed by atoms with Crippen LogP contribution in [0.5, 0.6) is 0 Å². The second kappa shape index (κ2) is 5.58. The monoisotopic (exact) mass is 310 g/mol. The second-order valence-electron chi connectivity index (χ2n) is 6.07. The minimum absolute atomic E-state index is 0.449. The minimum Gasteiger partial charge on any atom is -0.386 e. The summed E-state index contributed by atoms with van der Waals surface area (Å²) in [6.07, 6.45) is 10.5. The Bertz CT molecular complexity index is 800. The highest BCUT2D eigenvalue weighted by atomic mass is 16.3. The minimum atomic E-state index is -0.816. The first-order chi connectivity index (χ1) is 11.2. The van der Waals surface area contributed by atoms with E-state index in [1.54, 1.807) is 23.3 Å². The fraction of sp³-hybridized carbons (Fsp3) is 0.375. The van der Waals surface area contributed by atoms with Crippen LogP contribution in [0.1, 0.15) is 12.8 Å². The highest BCUT2D eigenvalue weighted by Gasteiger charge is 2.34. The van der Waals surface area contributed by atoms with Crippen molar-refractivity contribution in [1.29, 1.82) is 0 Å². The predicted molar refractivity (Wildman–Crippen MR) is 86.0 cm³/mol. The van der Waals surface area contributed by atoms with Gasteiger partial charge in [-0.25, -0.2) is 4.68 Å². The van der Waals surface area contributed by atoms with Crippen molar-refractivity contribution >= 4 is 16.6 Å². The van der Waals surface area contributed by atoms with Gasteiger partial charge in [-0.05, 0) is 25.0 Å². The number of hydrogen-bond donors (Lipinski definition) is 1. The Morgan fingerprint density at radius 2 is 2.17 bits per heavy atom. The molecule has 3 aromatic heterocycles. The van der Waals surface area contributed by atoms with E-state index in [4.69, 9.17) is 0 Å². The summed E-state index contributed by atoms with van der Waals surface area (Å²) in [6.45, 7) is 1.92. The van der Waals surface area contributed by atoms with Gasteiger partial charge in [-0.3, -0.25) is 9.97 Å². The van der Waals surface area contributed by atoms with Crippen molar-refractivity contribution in [2.24, 2.45) is 0 Å². The number of fused-ring (bicyclic) bond motifs is 1. The molecule has 1 saturated heterocycles. The van der Waals surface area contributed by atoms with Crippen LogP contribution in [0.15, 0.2) is 43.1 Å². The molecule has 0 amide bonds. The van der Waals surface area contributed by atoms with Gasteiger partial charge >= 0.3 is 0 Å². The van der Waals surface area contributed by atoms with Crippen LogP contribution in [0.3, 0.4) is 0 Å². The van der Waals surface area contributed by atoms with Crippen LogP contribution in [0.4, 0.5) is 5.69 Å². The van der Waals surface area contributed by atoms with E-state index in [-0.39, 0.29) is 0 Å². The number of hydrogen-bond acceptors (Lipinski definition) is 6. The lowest BCUT2D eigenvalue weighted by Gasteiger charge is -2.40. The van der Waals surface area contributed by atoms with Crippen LogP contribution < -0.4 is 4.90 Å². The Morgan fingerprint density at radius 1 is 1.22 bits per heavy atom. The van der Waals surface area contributed by atoms with Crippen molar-refractivity contribution in [3.8, 4) is 0 Å². The van der Waals surface area contributed by atoms with Crippen molar-refractivity contribution < 1.29 is 5.11 Å². The van der Waals surface area contributed by atoms with E-state index in [0.717, 1.165) is 36.0 Å². The van der Waals surface area contributed by atoms with Gasteiger partial charge in [-0.15, -0.1) is 5.10 Å². The summed E-state index contributed by atoms with van der Waals surface area (Å²) < 4.78 is 1.69. The molecule has 0 aliphatic carbocycles. The molecule has 0 saturated carbocycles. The van der Waals surface area contributed by atoms with E-state index in [1.807, 2.05) is 24.5 Å². The van der Waals surface area contributed by atoms with Crippen molar-refractivity contribution in [1.82, 2.24) is 25.0 Å². The standard InChI is InChI=1S/C16H18N6O/c23-16(12-22-9-7-19-20-22)4-1-8-21(11-16)15-3-6-18-14-2-5-17-10-13(14)15/h2-3,5-7,9-10,23H,1,4,8,11-12H2. The zero-order valence-corrected chi connectivity index (χ0v) is 12.7. The highest BCUT2D eigenvalue weighted by molar-refractivity contribution is 5.90. The zero-order chi connectivity index (χ0) is 15.7. The van der Waals surface area contributed by atoms with Gasteiger partial charge in [0.1, 0.15) is 5.60 Å². The van der Waals surface area contributed by atoms with Crippen LogP contribution in [-0.2, 0) is 6.54 Å². The maximum absolute atomic E-state index is 11.0. The number of rotatable bonds is 3. The first-order valence-corrected chi connectivity index (χ1v) is 7.74. The van der Waals surface area contributed by atoms with E-state index >= 15 is 0 Å². The molecule has 1 N–H and O–H groups in total. The van der Waals surface area contributed by atoms with Gasteiger partial charge in [0, 0.05) is 49.0 Å². The largest absolute Gasteiger partial charge is 0.386 e. The molecule has 118 valence electrons. The van der Waals surface area contributed by atoms with Gasteiger partial charge in [0.2, 0.25) is 0 Å². The topological polar surface area (TPSA) is 80.0 Å². The first kappa shape index (κ1) is 14.1. The lowest BCUT2D eigenvalue weighted by Crippen LogP contribution is -2.50. The zero-order valence-electron chi connectivity index (χ0n) is 12.7. The summed E-state index contributed by atoms with van der Waals surface area (Å²) in [4.78, 5) is 10.8. The number of aromatic nitrogens is 5. The second-order valence-corrected chi connectivity index (χ2v) is 6.07. The predicted octanol–water partition coefficient (Wildman–Crippen LogP) is 1.25. The molecule has 0 aromatic carbocycles. The molecule has 0 spiro atoms. The maximum atomic E-state index is 11.0. The van der Waals surface area contributed by atoms with Gasteiger partial charge in [0.15, 0.2) is 0 Å². The van der Waals surface area contributed by atoms with Crippen LogP contribution in [-0.4, -0.2) is 48.8 Å². The van der Waals surface area contributed by atoms with Gasteiger partial charge in [0.05, 0.1) is 18.3 Å². The summed E-state index contributed by atoms with van der Waals surface area (Å²) >= 11 is 0. The summed E-state index contributed by atoms with van der Waals surface area (Å²) in [5.41, 5.74) is 1.17. The molecule has 1 aliphatic heterocycles. The van der Waals surface area contributed by atoms with Crippen molar-refractivity contribution in [2.75, 3.05) is 18.0 Å². The summed E-state index contributed by atoms with van der Waals surface area (Å²) in [5.74, 6) is 0. The molecule has 1 atom stereocenters. The van der Waals surface area contributed by atoms with Gasteiger partial charge in [-0.1, -0.05) is 5.21 Å². The van der Waals surface area contributed by atoms with Crippen LogP contribution in [0.25, 0.3) is 10.9 Å². The van der Waals surface area contributed by atoms with E-state index < -0.39 is 5.60 Å². The molecule has 1 unspecified atom stereocenters. The van der Waals surface area contributed by atoms with E-state index in [2.05, 4.69) is 25.2 Å². The first-order valence-electron chi connectivity index (χ1n) is 7.74. The smallest absolute Gasteiger partial charge is 0.102 e. The number of aliphatic hydroxyl groups is 1. The Hall–Kier alpha value is -2.54. The molecule has 3 aromatic rings. The van der Waals surface area contributed by atoms with E-state index in [1.165, 1.54) is 0 Å². The fourth-order valence-corrected chi connectivity index (χ4v) is 3.32. The van der Waals surface area contributed by atoms with Crippen LogP contribution in [0.2, 0.25) is 0 Å². The van der Waals surface area contributed by atoms with Crippen LogP contribution >= 0.6 is 0 Å². The van der Waals surface area contributed by atoms with Crippen molar-refractivity contribution in [3.63, 3.8) is 0 Å². The Balaban J connectivity index is 1.64. The third kappa shape index (κ3) is 2.75. The van der Waals surface area contributed by atoms with Crippen LogP contribution in [0, 0.1) is 0 Å². The van der Waals surface area contributed by atoms with E-state index in [9.17, 15) is 5.11 Å². The molecule has 1 fully saturated rings. The summed E-state index contributed by atoms with van der Waals surface area (Å²) in [7, 11) is 0. The third-order valence-corrected chi connectivity index (χ3v) is 4.34. The van der Waals surface area contributed by atoms with Crippen molar-refractivity contribution in [2.45, 2.75) is 25.0 Å². The van der Waals surface area contributed by atoms with Gasteiger partial charge in [-0.2, -0.15) is 0 Å². The lowest BCUT2D eigenvalue weighted by molar-refractivity contribution is 0.00610. The third-order valence-electron chi connectivity index (χ3n) is 4.34.